The lowest BCUT2D eigenvalue weighted by Crippen LogP contribution is -2.31. The van der Waals surface area contributed by atoms with Gasteiger partial charge in [-0.15, -0.1) is 0 Å². The fraction of sp³-hybridized carbons (Fsp3) is 0.412. The first-order valence-electron chi connectivity index (χ1n) is 7.68. The van der Waals surface area contributed by atoms with Crippen LogP contribution in [0.25, 0.3) is 0 Å². The van der Waals surface area contributed by atoms with Crippen molar-refractivity contribution in [1.82, 2.24) is 9.97 Å². The summed E-state index contributed by atoms with van der Waals surface area (Å²) in [5.74, 6) is 1.01. The highest BCUT2D eigenvalue weighted by Crippen LogP contribution is 2.20. The van der Waals surface area contributed by atoms with Gasteiger partial charge >= 0.3 is 0 Å². The number of aromatic nitrogens is 2. The SMILES string of the molecule is Cc1cc(OCc2cccc(F)c2)nc(N2CCCCC2)n1. The van der Waals surface area contributed by atoms with Crippen molar-refractivity contribution in [2.45, 2.75) is 32.8 Å². The highest BCUT2D eigenvalue weighted by molar-refractivity contribution is 5.34. The maximum absolute atomic E-state index is 13.2. The topological polar surface area (TPSA) is 38.2 Å². The summed E-state index contributed by atoms with van der Waals surface area (Å²) in [6.07, 6.45) is 3.62. The predicted molar refractivity (Wildman–Crippen MR) is 83.6 cm³/mol. The second kappa shape index (κ2) is 6.73. The molecule has 0 saturated carbocycles. The van der Waals surface area contributed by atoms with Crippen molar-refractivity contribution in [2.24, 2.45) is 0 Å². The minimum absolute atomic E-state index is 0.256. The number of hydrogen-bond acceptors (Lipinski definition) is 4. The van der Waals surface area contributed by atoms with E-state index in [2.05, 4.69) is 14.9 Å². The number of ether oxygens (including phenoxy) is 1. The lowest BCUT2D eigenvalue weighted by molar-refractivity contribution is 0.292. The van der Waals surface area contributed by atoms with E-state index in [0.717, 1.165) is 30.3 Å². The molecule has 1 aromatic heterocycles. The number of piperidine rings is 1. The molecule has 0 unspecified atom stereocenters. The summed E-state index contributed by atoms with van der Waals surface area (Å²) in [5, 5.41) is 0. The Bertz CT molecular complexity index is 642. The van der Waals surface area contributed by atoms with Crippen LogP contribution in [0.15, 0.2) is 30.3 Å². The van der Waals surface area contributed by atoms with E-state index in [1.807, 2.05) is 19.1 Å². The molecule has 1 aliphatic rings. The third kappa shape index (κ3) is 3.72. The molecule has 0 amide bonds. The Hall–Kier alpha value is -2.17. The molecule has 2 aromatic rings. The summed E-state index contributed by atoms with van der Waals surface area (Å²) in [6.45, 7) is 4.22. The molecule has 3 rings (SSSR count). The van der Waals surface area contributed by atoms with Crippen LogP contribution in [-0.4, -0.2) is 23.1 Å². The first kappa shape index (κ1) is 14.8. The summed E-state index contributed by atoms with van der Waals surface area (Å²) < 4.78 is 18.9. The van der Waals surface area contributed by atoms with Crippen LogP contribution in [-0.2, 0) is 6.61 Å². The summed E-state index contributed by atoms with van der Waals surface area (Å²) >= 11 is 0. The molecular formula is C17H20FN3O. The molecule has 22 heavy (non-hydrogen) atoms. The van der Waals surface area contributed by atoms with E-state index in [-0.39, 0.29) is 5.82 Å². The summed E-state index contributed by atoms with van der Waals surface area (Å²) in [4.78, 5) is 11.2. The Morgan fingerprint density at radius 1 is 1.14 bits per heavy atom. The molecule has 1 saturated heterocycles. The molecule has 4 nitrogen and oxygen atoms in total. The minimum atomic E-state index is -0.256. The molecule has 1 fully saturated rings. The molecule has 116 valence electrons. The molecule has 0 N–H and O–H groups in total. The van der Waals surface area contributed by atoms with E-state index in [4.69, 9.17) is 4.74 Å². The van der Waals surface area contributed by atoms with Crippen LogP contribution in [0.5, 0.6) is 5.88 Å². The van der Waals surface area contributed by atoms with Crippen LogP contribution >= 0.6 is 0 Å². The van der Waals surface area contributed by atoms with Gasteiger partial charge in [-0.1, -0.05) is 12.1 Å². The molecule has 0 aliphatic carbocycles. The molecule has 0 atom stereocenters. The van der Waals surface area contributed by atoms with Crippen LogP contribution in [0.2, 0.25) is 0 Å². The predicted octanol–water partition coefficient (Wildman–Crippen LogP) is 3.49. The van der Waals surface area contributed by atoms with Crippen molar-refractivity contribution < 1.29 is 9.13 Å². The van der Waals surface area contributed by atoms with Crippen molar-refractivity contribution in [3.63, 3.8) is 0 Å². The van der Waals surface area contributed by atoms with Gasteiger partial charge in [0.2, 0.25) is 11.8 Å². The van der Waals surface area contributed by atoms with Crippen LogP contribution in [0, 0.1) is 12.7 Å². The number of nitrogens with zero attached hydrogens (tertiary/aromatic N) is 3. The Labute approximate surface area is 130 Å². The van der Waals surface area contributed by atoms with E-state index >= 15 is 0 Å². The maximum Gasteiger partial charge on any atom is 0.228 e. The van der Waals surface area contributed by atoms with E-state index in [9.17, 15) is 4.39 Å². The molecular weight excluding hydrogens is 281 g/mol. The highest BCUT2D eigenvalue weighted by Gasteiger charge is 2.15. The van der Waals surface area contributed by atoms with Crippen LogP contribution in [0.3, 0.4) is 0 Å². The van der Waals surface area contributed by atoms with Crippen LogP contribution in [0.4, 0.5) is 10.3 Å². The maximum atomic E-state index is 13.2. The Morgan fingerprint density at radius 3 is 2.73 bits per heavy atom. The Morgan fingerprint density at radius 2 is 1.95 bits per heavy atom. The van der Waals surface area contributed by atoms with Crippen molar-refractivity contribution in [3.05, 3.63) is 47.4 Å². The molecule has 0 bridgehead atoms. The van der Waals surface area contributed by atoms with Gasteiger partial charge in [0.15, 0.2) is 0 Å². The smallest absolute Gasteiger partial charge is 0.228 e. The Kier molecular flexibility index (Phi) is 4.51. The average molecular weight is 301 g/mol. The highest BCUT2D eigenvalue weighted by atomic mass is 19.1. The summed E-state index contributed by atoms with van der Waals surface area (Å²) in [6, 6.07) is 8.22. The minimum Gasteiger partial charge on any atom is -0.473 e. The van der Waals surface area contributed by atoms with Gasteiger partial charge in [0.1, 0.15) is 12.4 Å². The molecule has 0 spiro atoms. The van der Waals surface area contributed by atoms with Gasteiger partial charge in [-0.25, -0.2) is 9.37 Å². The van der Waals surface area contributed by atoms with Crippen LogP contribution in [0.1, 0.15) is 30.5 Å². The zero-order valence-electron chi connectivity index (χ0n) is 12.8. The lowest BCUT2D eigenvalue weighted by atomic mass is 10.1. The second-order valence-corrected chi connectivity index (χ2v) is 5.61. The number of halogens is 1. The van der Waals surface area contributed by atoms with Crippen molar-refractivity contribution >= 4 is 5.95 Å². The van der Waals surface area contributed by atoms with E-state index in [1.54, 1.807) is 6.07 Å². The van der Waals surface area contributed by atoms with E-state index < -0.39 is 0 Å². The number of aryl methyl sites for hydroxylation is 1. The number of rotatable bonds is 4. The van der Waals surface area contributed by atoms with E-state index in [0.29, 0.717) is 12.5 Å². The number of hydrogen-bond donors (Lipinski definition) is 0. The van der Waals surface area contributed by atoms with E-state index in [1.165, 1.54) is 31.4 Å². The van der Waals surface area contributed by atoms with Crippen molar-refractivity contribution in [1.29, 1.82) is 0 Å². The van der Waals surface area contributed by atoms with Gasteiger partial charge < -0.3 is 9.64 Å². The first-order chi connectivity index (χ1) is 10.7. The lowest BCUT2D eigenvalue weighted by Gasteiger charge is -2.27. The standard InChI is InChI=1S/C17H20FN3O/c1-13-10-16(22-12-14-6-5-7-15(18)11-14)20-17(19-13)21-8-3-2-4-9-21/h5-7,10-11H,2-4,8-9,12H2,1H3. The zero-order valence-corrected chi connectivity index (χ0v) is 12.8. The average Bonchev–Trinajstić information content (AvgIpc) is 2.53. The normalized spacial score (nSPS) is 14.9. The van der Waals surface area contributed by atoms with Gasteiger partial charge in [0.25, 0.3) is 0 Å². The molecule has 1 aromatic carbocycles. The van der Waals surface area contributed by atoms with Gasteiger partial charge in [-0.2, -0.15) is 4.98 Å². The fourth-order valence-electron chi connectivity index (χ4n) is 2.62. The summed E-state index contributed by atoms with van der Waals surface area (Å²) in [7, 11) is 0. The summed E-state index contributed by atoms with van der Waals surface area (Å²) in [5.41, 5.74) is 1.67. The second-order valence-electron chi connectivity index (χ2n) is 5.61. The fourth-order valence-corrected chi connectivity index (χ4v) is 2.62. The number of benzene rings is 1. The van der Waals surface area contributed by atoms with Gasteiger partial charge in [-0.05, 0) is 43.9 Å². The number of anilines is 1. The molecule has 2 heterocycles. The third-order valence-corrected chi connectivity index (χ3v) is 3.73. The first-order valence-corrected chi connectivity index (χ1v) is 7.68. The monoisotopic (exact) mass is 301 g/mol. The third-order valence-electron chi connectivity index (χ3n) is 3.73. The molecule has 5 heteroatoms. The largest absolute Gasteiger partial charge is 0.473 e. The van der Waals surface area contributed by atoms with Crippen molar-refractivity contribution in [2.75, 3.05) is 18.0 Å². The van der Waals surface area contributed by atoms with Gasteiger partial charge in [0, 0.05) is 24.8 Å². The molecule has 0 radical (unpaired) electrons. The van der Waals surface area contributed by atoms with Crippen molar-refractivity contribution in [3.8, 4) is 5.88 Å². The van der Waals surface area contributed by atoms with Gasteiger partial charge in [0.05, 0.1) is 0 Å². The Balaban J connectivity index is 1.71. The van der Waals surface area contributed by atoms with Gasteiger partial charge in [-0.3, -0.25) is 0 Å². The van der Waals surface area contributed by atoms with Crippen LogP contribution < -0.4 is 9.64 Å². The zero-order chi connectivity index (χ0) is 15.4. The quantitative estimate of drug-likeness (QED) is 0.866. The molecule has 1 aliphatic heterocycles.